The Kier molecular flexibility index (Phi) is 13.1. The van der Waals surface area contributed by atoms with Gasteiger partial charge in [-0.1, -0.05) is 43.7 Å². The highest BCUT2D eigenvalue weighted by atomic mass is 16.5. The number of carbonyl (C=O) groups is 2. The lowest BCUT2D eigenvalue weighted by atomic mass is 9.88. The fourth-order valence-corrected chi connectivity index (χ4v) is 6.97. The predicted octanol–water partition coefficient (Wildman–Crippen LogP) is 6.17. The Morgan fingerprint density at radius 2 is 1.67 bits per heavy atom. The highest BCUT2D eigenvalue weighted by Gasteiger charge is 2.28. The summed E-state index contributed by atoms with van der Waals surface area (Å²) in [6, 6.07) is 14.0. The highest BCUT2D eigenvalue weighted by molar-refractivity contribution is 6.06. The molecule has 46 heavy (non-hydrogen) atoms. The van der Waals surface area contributed by atoms with Gasteiger partial charge in [-0.05, 0) is 101 Å². The van der Waals surface area contributed by atoms with Gasteiger partial charge in [0, 0.05) is 61.8 Å². The van der Waals surface area contributed by atoms with E-state index >= 15 is 0 Å². The van der Waals surface area contributed by atoms with Crippen LogP contribution in [0.25, 0.3) is 11.1 Å². The monoisotopic (exact) mass is 629 g/mol. The van der Waals surface area contributed by atoms with Crippen LogP contribution in [-0.2, 0) is 16.1 Å². The zero-order valence-corrected chi connectivity index (χ0v) is 29.1. The summed E-state index contributed by atoms with van der Waals surface area (Å²) in [4.78, 5) is 35.5. The van der Waals surface area contributed by atoms with Crippen molar-refractivity contribution in [1.82, 2.24) is 15.5 Å². The number of nitrogens with zero attached hydrogens (tertiary/aromatic N) is 3. The zero-order chi connectivity index (χ0) is 33.2. The molecule has 2 heterocycles. The number of morpholine rings is 1. The smallest absolute Gasteiger partial charge is 0.254 e. The topological polar surface area (TPSA) is 86.3 Å². The maximum Gasteiger partial charge on any atom is 0.254 e. The molecule has 8 nitrogen and oxygen atoms in total. The summed E-state index contributed by atoms with van der Waals surface area (Å²) in [5, 5.41) is 6.53. The Labute approximate surface area is 276 Å². The van der Waals surface area contributed by atoms with Gasteiger partial charge in [0.1, 0.15) is 0 Å². The van der Waals surface area contributed by atoms with Crippen LogP contribution in [-0.4, -0.2) is 81.0 Å². The van der Waals surface area contributed by atoms with Gasteiger partial charge in [-0.25, -0.2) is 4.99 Å². The van der Waals surface area contributed by atoms with Crippen LogP contribution in [0.15, 0.2) is 53.0 Å². The molecule has 0 spiro atoms. The van der Waals surface area contributed by atoms with Crippen LogP contribution in [0.2, 0.25) is 0 Å². The molecule has 2 aromatic rings. The lowest BCUT2D eigenvalue weighted by Gasteiger charge is -2.39. The molecule has 1 atom stereocenters. The van der Waals surface area contributed by atoms with E-state index < -0.39 is 5.92 Å². The van der Waals surface area contributed by atoms with Gasteiger partial charge in [-0.2, -0.15) is 0 Å². The van der Waals surface area contributed by atoms with Crippen LogP contribution in [0.5, 0.6) is 0 Å². The van der Waals surface area contributed by atoms with Crippen molar-refractivity contribution < 1.29 is 14.3 Å². The van der Waals surface area contributed by atoms with Crippen molar-refractivity contribution in [2.45, 2.75) is 85.9 Å². The standard InChI is InChI=1S/C36H49N5O3.C2H6/c1-6-41(31-13-11-30(37-5)12-14-31)34-21-29(28-9-7-27(8-10-28)23-40-15-17-44-18-16-40)20-32(26(34)4)35(42)38-22-33-24(2)19-25(3)39-36(33)43;1-2/h7-10,19-21,30-31,33,37H,6,11-18,22-23H2,1-5H3,(H,38,42);1-2H3. The summed E-state index contributed by atoms with van der Waals surface area (Å²) < 4.78 is 5.51. The van der Waals surface area contributed by atoms with E-state index in [2.05, 4.69) is 76.7 Å². The van der Waals surface area contributed by atoms with E-state index in [1.807, 2.05) is 39.8 Å². The maximum atomic E-state index is 13.8. The number of allylic oxidation sites excluding steroid dienone is 1. The lowest BCUT2D eigenvalue weighted by Crippen LogP contribution is -2.42. The molecule has 0 radical (unpaired) electrons. The summed E-state index contributed by atoms with van der Waals surface area (Å²) in [7, 11) is 2.05. The predicted molar refractivity (Wildman–Crippen MR) is 190 cm³/mol. The van der Waals surface area contributed by atoms with Crippen LogP contribution in [0.4, 0.5) is 5.69 Å². The molecule has 1 unspecified atom stereocenters. The largest absolute Gasteiger partial charge is 0.379 e. The molecule has 2 aromatic carbocycles. The molecule has 1 saturated heterocycles. The van der Waals surface area contributed by atoms with Crippen LogP contribution < -0.4 is 15.5 Å². The summed E-state index contributed by atoms with van der Waals surface area (Å²) in [5.74, 6) is -0.782. The molecular weight excluding hydrogens is 574 g/mol. The van der Waals surface area contributed by atoms with Gasteiger partial charge < -0.3 is 20.3 Å². The first-order valence-electron chi connectivity index (χ1n) is 17.3. The quantitative estimate of drug-likeness (QED) is 0.327. The number of amides is 2. The molecule has 5 rings (SSSR count). The second kappa shape index (κ2) is 17.0. The number of carbonyl (C=O) groups excluding carboxylic acids is 2. The van der Waals surface area contributed by atoms with Crippen LogP contribution in [0, 0.1) is 12.8 Å². The number of nitrogens with one attached hydrogen (secondary N) is 2. The SMILES string of the molecule is CC.CCN(c1cc(-c2ccc(CN3CCOCC3)cc2)cc(C(=O)NCC2C(=O)N=C(C)C=C2C)c1C)C1CCC(NC)CC1. The average Bonchev–Trinajstić information content (AvgIpc) is 3.07. The second-order valence-electron chi connectivity index (χ2n) is 12.6. The number of hydrogen-bond donors (Lipinski definition) is 2. The fourth-order valence-electron chi connectivity index (χ4n) is 6.97. The van der Waals surface area contributed by atoms with Gasteiger partial charge >= 0.3 is 0 Å². The van der Waals surface area contributed by atoms with Gasteiger partial charge in [-0.3, -0.25) is 14.5 Å². The average molecular weight is 630 g/mol. The second-order valence-corrected chi connectivity index (χ2v) is 12.6. The molecule has 8 heteroatoms. The van der Waals surface area contributed by atoms with Crippen molar-refractivity contribution in [3.05, 3.63) is 64.7 Å². The van der Waals surface area contributed by atoms with Gasteiger partial charge in [0.15, 0.2) is 0 Å². The third-order valence-electron chi connectivity index (χ3n) is 9.66. The Morgan fingerprint density at radius 3 is 2.28 bits per heavy atom. The number of ether oxygens (including phenoxy) is 1. The van der Waals surface area contributed by atoms with Crippen LogP contribution in [0.1, 0.15) is 81.8 Å². The highest BCUT2D eigenvalue weighted by Crippen LogP contribution is 2.35. The van der Waals surface area contributed by atoms with Gasteiger partial charge in [0.2, 0.25) is 0 Å². The van der Waals surface area contributed by atoms with Gasteiger partial charge in [0.25, 0.3) is 11.8 Å². The Hall–Kier alpha value is -3.33. The molecule has 2 aliphatic heterocycles. The summed E-state index contributed by atoms with van der Waals surface area (Å²) in [5.41, 5.74) is 7.78. The molecule has 2 N–H and O–H groups in total. The summed E-state index contributed by atoms with van der Waals surface area (Å²) in [6.45, 7) is 17.5. The Balaban J connectivity index is 0.00000235. The molecule has 2 amide bonds. The minimum Gasteiger partial charge on any atom is -0.379 e. The molecule has 0 bridgehead atoms. The van der Waals surface area contributed by atoms with E-state index in [0.29, 0.717) is 23.4 Å². The molecular formula is C38H55N5O3. The molecule has 1 aliphatic carbocycles. The normalized spacial score (nSPS) is 21.9. The number of rotatable bonds is 10. The molecule has 0 aromatic heterocycles. The third-order valence-corrected chi connectivity index (χ3v) is 9.66. The van der Waals surface area contributed by atoms with E-state index in [4.69, 9.17) is 4.74 Å². The number of aliphatic imine (C=N–C) groups is 1. The van der Waals surface area contributed by atoms with Crippen molar-refractivity contribution in [2.75, 3.05) is 51.3 Å². The molecule has 1 saturated carbocycles. The minimum absolute atomic E-state index is 0.156. The van der Waals surface area contributed by atoms with Crippen molar-refractivity contribution >= 4 is 23.2 Å². The van der Waals surface area contributed by atoms with Crippen LogP contribution >= 0.6 is 0 Å². The number of hydrogen-bond acceptors (Lipinski definition) is 6. The third kappa shape index (κ3) is 8.72. The number of benzene rings is 2. The van der Waals surface area contributed by atoms with E-state index in [9.17, 15) is 9.59 Å². The molecule has 3 aliphatic rings. The maximum absolute atomic E-state index is 13.8. The van der Waals surface area contributed by atoms with Crippen molar-refractivity contribution in [1.29, 1.82) is 0 Å². The number of anilines is 1. The molecule has 250 valence electrons. The van der Waals surface area contributed by atoms with Crippen molar-refractivity contribution in [3.8, 4) is 11.1 Å². The first-order valence-corrected chi connectivity index (χ1v) is 17.3. The van der Waals surface area contributed by atoms with E-state index in [1.165, 1.54) is 5.56 Å². The Morgan fingerprint density at radius 1 is 1.00 bits per heavy atom. The molecule has 2 fully saturated rings. The van der Waals surface area contributed by atoms with Gasteiger partial charge in [0.05, 0.1) is 19.1 Å². The first kappa shape index (κ1) is 35.5. The van der Waals surface area contributed by atoms with Gasteiger partial charge in [-0.15, -0.1) is 0 Å². The lowest BCUT2D eigenvalue weighted by molar-refractivity contribution is -0.120. The fraction of sp³-hybridized carbons (Fsp3) is 0.553. The van der Waals surface area contributed by atoms with Crippen molar-refractivity contribution in [2.24, 2.45) is 10.9 Å². The minimum atomic E-state index is -0.431. The summed E-state index contributed by atoms with van der Waals surface area (Å²) >= 11 is 0. The van der Waals surface area contributed by atoms with E-state index in [-0.39, 0.29) is 18.4 Å². The zero-order valence-electron chi connectivity index (χ0n) is 29.1. The van der Waals surface area contributed by atoms with Crippen LogP contribution in [0.3, 0.4) is 0 Å². The first-order chi connectivity index (χ1) is 22.3. The van der Waals surface area contributed by atoms with Crippen molar-refractivity contribution in [3.63, 3.8) is 0 Å². The Bertz CT molecular complexity index is 1390. The number of dihydropyridines is 1. The van der Waals surface area contributed by atoms with E-state index in [0.717, 1.165) is 93.0 Å². The summed E-state index contributed by atoms with van der Waals surface area (Å²) in [6.07, 6.45) is 6.47. The van der Waals surface area contributed by atoms with E-state index in [1.54, 1.807) is 0 Å².